The van der Waals surface area contributed by atoms with E-state index in [0.717, 1.165) is 16.5 Å². The molecule has 0 saturated carbocycles. The highest BCUT2D eigenvalue weighted by Gasteiger charge is 2.10. The fourth-order valence-electron chi connectivity index (χ4n) is 2.09. The van der Waals surface area contributed by atoms with Crippen LogP contribution in [0.4, 0.5) is 0 Å². The SMILES string of the molecule is N#Cc1ccc(COC(=O)c2cc3ccccc3[nH]2)cc1. The molecule has 0 aliphatic carbocycles. The summed E-state index contributed by atoms with van der Waals surface area (Å²) in [7, 11) is 0. The van der Waals surface area contributed by atoms with Crippen LogP contribution in [0.2, 0.25) is 0 Å². The van der Waals surface area contributed by atoms with Gasteiger partial charge >= 0.3 is 5.97 Å². The van der Waals surface area contributed by atoms with Crippen molar-refractivity contribution in [3.05, 3.63) is 71.4 Å². The molecule has 0 fully saturated rings. The van der Waals surface area contributed by atoms with Crippen LogP contribution in [0.15, 0.2) is 54.6 Å². The predicted molar refractivity (Wildman–Crippen MR) is 78.6 cm³/mol. The number of nitrogens with one attached hydrogen (secondary N) is 1. The summed E-state index contributed by atoms with van der Waals surface area (Å²) in [6, 6.07) is 18.4. The van der Waals surface area contributed by atoms with Gasteiger partial charge in [-0.25, -0.2) is 4.79 Å². The Labute approximate surface area is 121 Å². The molecule has 1 heterocycles. The number of carbonyl (C=O) groups is 1. The van der Waals surface area contributed by atoms with Crippen LogP contribution >= 0.6 is 0 Å². The van der Waals surface area contributed by atoms with Gasteiger partial charge in [0.2, 0.25) is 0 Å². The normalized spacial score (nSPS) is 10.2. The molecule has 0 unspecified atom stereocenters. The van der Waals surface area contributed by atoms with Gasteiger partial charge in [0.25, 0.3) is 0 Å². The highest BCUT2D eigenvalue weighted by molar-refractivity contribution is 5.94. The minimum atomic E-state index is -0.393. The van der Waals surface area contributed by atoms with Crippen LogP contribution in [0.25, 0.3) is 10.9 Å². The van der Waals surface area contributed by atoms with Crippen molar-refractivity contribution in [1.82, 2.24) is 4.98 Å². The van der Waals surface area contributed by atoms with Gasteiger partial charge < -0.3 is 9.72 Å². The van der Waals surface area contributed by atoms with E-state index in [1.807, 2.05) is 30.3 Å². The summed E-state index contributed by atoms with van der Waals surface area (Å²) in [6.45, 7) is 0.180. The Bertz CT molecular complexity index is 793. The number of fused-ring (bicyclic) bond motifs is 1. The van der Waals surface area contributed by atoms with E-state index in [4.69, 9.17) is 10.00 Å². The van der Waals surface area contributed by atoms with E-state index in [1.54, 1.807) is 30.3 Å². The van der Waals surface area contributed by atoms with Gasteiger partial charge in [-0.2, -0.15) is 5.26 Å². The maximum atomic E-state index is 12.0. The lowest BCUT2D eigenvalue weighted by atomic mass is 10.2. The molecule has 3 aromatic rings. The minimum Gasteiger partial charge on any atom is -0.456 e. The number of hydrogen-bond donors (Lipinski definition) is 1. The maximum Gasteiger partial charge on any atom is 0.355 e. The summed E-state index contributed by atoms with van der Waals surface area (Å²) < 4.78 is 5.26. The summed E-state index contributed by atoms with van der Waals surface area (Å²) >= 11 is 0. The number of benzene rings is 2. The van der Waals surface area contributed by atoms with E-state index >= 15 is 0 Å². The number of para-hydroxylation sites is 1. The molecular formula is C17H12N2O2. The van der Waals surface area contributed by atoms with Crippen molar-refractivity contribution in [3.63, 3.8) is 0 Å². The van der Waals surface area contributed by atoms with E-state index in [9.17, 15) is 4.79 Å². The van der Waals surface area contributed by atoms with Crippen LogP contribution in [-0.4, -0.2) is 11.0 Å². The third-order valence-electron chi connectivity index (χ3n) is 3.20. The van der Waals surface area contributed by atoms with Crippen LogP contribution in [0, 0.1) is 11.3 Å². The third-order valence-corrected chi connectivity index (χ3v) is 3.20. The van der Waals surface area contributed by atoms with Gasteiger partial charge in [0.1, 0.15) is 12.3 Å². The smallest absolute Gasteiger partial charge is 0.355 e. The zero-order chi connectivity index (χ0) is 14.7. The summed E-state index contributed by atoms with van der Waals surface area (Å²) in [5.41, 5.74) is 2.77. The molecule has 0 aliphatic heterocycles. The van der Waals surface area contributed by atoms with Gasteiger partial charge in [0, 0.05) is 10.9 Å². The largest absolute Gasteiger partial charge is 0.456 e. The number of rotatable bonds is 3. The fourth-order valence-corrected chi connectivity index (χ4v) is 2.09. The molecule has 21 heavy (non-hydrogen) atoms. The molecule has 0 amide bonds. The van der Waals surface area contributed by atoms with E-state index in [0.29, 0.717) is 11.3 Å². The van der Waals surface area contributed by atoms with Crippen molar-refractivity contribution in [3.8, 4) is 6.07 Å². The van der Waals surface area contributed by atoms with Crippen molar-refractivity contribution in [2.45, 2.75) is 6.61 Å². The Morgan fingerprint density at radius 2 is 1.90 bits per heavy atom. The molecule has 0 radical (unpaired) electrons. The lowest BCUT2D eigenvalue weighted by molar-refractivity contribution is 0.0467. The van der Waals surface area contributed by atoms with Crippen molar-refractivity contribution >= 4 is 16.9 Å². The molecule has 1 aromatic heterocycles. The highest BCUT2D eigenvalue weighted by atomic mass is 16.5. The number of hydrogen-bond acceptors (Lipinski definition) is 3. The number of nitrogens with zero attached hydrogens (tertiary/aromatic N) is 1. The van der Waals surface area contributed by atoms with Gasteiger partial charge in [-0.3, -0.25) is 0 Å². The number of aromatic nitrogens is 1. The second-order valence-corrected chi connectivity index (χ2v) is 4.66. The second kappa shape index (κ2) is 5.51. The van der Waals surface area contributed by atoms with Crippen LogP contribution < -0.4 is 0 Å². The molecule has 0 aliphatic rings. The van der Waals surface area contributed by atoms with E-state index in [1.165, 1.54) is 0 Å². The number of esters is 1. The Morgan fingerprint density at radius 1 is 1.14 bits per heavy atom. The molecule has 4 heteroatoms. The van der Waals surface area contributed by atoms with Crippen molar-refractivity contribution in [1.29, 1.82) is 5.26 Å². The summed E-state index contributed by atoms with van der Waals surface area (Å²) in [5, 5.41) is 9.70. The van der Waals surface area contributed by atoms with Crippen LogP contribution in [0.5, 0.6) is 0 Å². The van der Waals surface area contributed by atoms with Crippen LogP contribution in [-0.2, 0) is 11.3 Å². The lowest BCUT2D eigenvalue weighted by Crippen LogP contribution is -2.05. The van der Waals surface area contributed by atoms with Crippen molar-refractivity contribution in [2.75, 3.05) is 0 Å². The number of H-pyrrole nitrogens is 1. The molecule has 1 N–H and O–H groups in total. The first-order chi connectivity index (χ1) is 10.3. The standard InChI is InChI=1S/C17H12N2O2/c18-10-12-5-7-13(8-6-12)11-21-17(20)16-9-14-3-1-2-4-15(14)19-16/h1-9,19H,11H2. The van der Waals surface area contributed by atoms with E-state index in [2.05, 4.69) is 4.98 Å². The van der Waals surface area contributed by atoms with Crippen molar-refractivity contribution < 1.29 is 9.53 Å². The Morgan fingerprint density at radius 3 is 2.62 bits per heavy atom. The predicted octanol–water partition coefficient (Wildman–Crippen LogP) is 3.40. The summed E-state index contributed by atoms with van der Waals surface area (Å²) in [5.74, 6) is -0.393. The molecular weight excluding hydrogens is 264 g/mol. The zero-order valence-corrected chi connectivity index (χ0v) is 11.2. The average Bonchev–Trinajstić information content (AvgIpc) is 2.97. The molecule has 0 spiro atoms. The highest BCUT2D eigenvalue weighted by Crippen LogP contribution is 2.16. The molecule has 0 saturated heterocycles. The molecule has 2 aromatic carbocycles. The summed E-state index contributed by atoms with van der Waals surface area (Å²) in [6.07, 6.45) is 0. The van der Waals surface area contributed by atoms with E-state index < -0.39 is 5.97 Å². The first-order valence-corrected chi connectivity index (χ1v) is 6.50. The monoisotopic (exact) mass is 276 g/mol. The van der Waals surface area contributed by atoms with Crippen LogP contribution in [0.3, 0.4) is 0 Å². The van der Waals surface area contributed by atoms with E-state index in [-0.39, 0.29) is 6.61 Å². The van der Waals surface area contributed by atoms with Crippen LogP contribution in [0.1, 0.15) is 21.6 Å². The molecule has 4 nitrogen and oxygen atoms in total. The van der Waals surface area contributed by atoms with Gasteiger partial charge in [-0.1, -0.05) is 30.3 Å². The van der Waals surface area contributed by atoms with Gasteiger partial charge in [0.05, 0.1) is 11.6 Å². The lowest BCUT2D eigenvalue weighted by Gasteiger charge is -2.03. The molecule has 102 valence electrons. The first kappa shape index (κ1) is 12.9. The Kier molecular flexibility index (Phi) is 3.40. The Balaban J connectivity index is 1.69. The minimum absolute atomic E-state index is 0.180. The van der Waals surface area contributed by atoms with Gasteiger partial charge in [-0.05, 0) is 29.8 Å². The first-order valence-electron chi connectivity index (χ1n) is 6.50. The molecule has 3 rings (SSSR count). The fraction of sp³-hybridized carbons (Fsp3) is 0.0588. The third kappa shape index (κ3) is 2.77. The number of nitriles is 1. The topological polar surface area (TPSA) is 65.9 Å². The van der Waals surface area contributed by atoms with Gasteiger partial charge in [-0.15, -0.1) is 0 Å². The average molecular weight is 276 g/mol. The number of aromatic amines is 1. The van der Waals surface area contributed by atoms with Crippen molar-refractivity contribution in [2.24, 2.45) is 0 Å². The molecule has 0 bridgehead atoms. The quantitative estimate of drug-likeness (QED) is 0.745. The molecule has 0 atom stereocenters. The Hall–Kier alpha value is -3.06. The summed E-state index contributed by atoms with van der Waals surface area (Å²) in [4.78, 5) is 15.0. The van der Waals surface area contributed by atoms with Gasteiger partial charge in [0.15, 0.2) is 0 Å². The maximum absolute atomic E-state index is 12.0. The number of carbonyl (C=O) groups excluding carboxylic acids is 1. The number of ether oxygens (including phenoxy) is 1. The zero-order valence-electron chi connectivity index (χ0n) is 11.2. The second-order valence-electron chi connectivity index (χ2n) is 4.66.